The predicted molar refractivity (Wildman–Crippen MR) is 63.8 cm³/mol. The van der Waals surface area contributed by atoms with Crippen molar-refractivity contribution in [3.63, 3.8) is 0 Å². The average Bonchev–Trinajstić information content (AvgIpc) is 2.32. The molecule has 0 bridgehead atoms. The van der Waals surface area contributed by atoms with Crippen LogP contribution in [0, 0.1) is 11.3 Å². The molecule has 1 aromatic rings. The third kappa shape index (κ3) is 3.29. The summed E-state index contributed by atoms with van der Waals surface area (Å²) in [7, 11) is 0. The normalized spacial score (nSPS) is 13.6. The zero-order valence-electron chi connectivity index (χ0n) is 9.29. The van der Waals surface area contributed by atoms with Crippen molar-refractivity contribution in [2.45, 2.75) is 25.8 Å². The Balaban J connectivity index is 2.99. The Hall–Kier alpha value is -1.38. The molecule has 17 heavy (non-hydrogen) atoms. The smallest absolute Gasteiger partial charge is 0.255 e. The lowest BCUT2D eigenvalue weighted by atomic mass is 10.0. The summed E-state index contributed by atoms with van der Waals surface area (Å²) in [5, 5.41) is 18.5. The van der Waals surface area contributed by atoms with Crippen molar-refractivity contribution in [1.82, 2.24) is 15.5 Å². The highest BCUT2D eigenvalue weighted by molar-refractivity contribution is 6.34. The number of amides is 1. The van der Waals surface area contributed by atoms with E-state index >= 15 is 0 Å². The number of halogens is 2. The molecule has 1 N–H and O–H groups in total. The van der Waals surface area contributed by atoms with Crippen LogP contribution in [0.25, 0.3) is 0 Å². The fourth-order valence-electron chi connectivity index (χ4n) is 1.03. The number of carbonyl (C=O) groups is 1. The second-order valence-electron chi connectivity index (χ2n) is 3.62. The molecule has 0 aliphatic carbocycles. The van der Waals surface area contributed by atoms with Crippen molar-refractivity contribution in [1.29, 1.82) is 5.26 Å². The molecule has 0 aliphatic rings. The lowest BCUT2D eigenvalue weighted by molar-refractivity contribution is 0.0922. The number of hydrogen-bond donors (Lipinski definition) is 1. The van der Waals surface area contributed by atoms with Crippen LogP contribution in [0.2, 0.25) is 10.3 Å². The number of carbonyl (C=O) groups excluding carboxylic acids is 1. The number of nitrogens with zero attached hydrogens (tertiary/aromatic N) is 3. The summed E-state index contributed by atoms with van der Waals surface area (Å²) in [5.41, 5.74) is -0.850. The Morgan fingerprint density at radius 2 is 2.24 bits per heavy atom. The molecule has 1 rings (SSSR count). The standard InChI is InChI=1S/C10H10Cl2N4O/c1-3-10(2,5-13)14-9(17)6-4-7(11)15-16-8(6)12/h4H,3H2,1-2H3,(H,14,17). The van der Waals surface area contributed by atoms with Gasteiger partial charge in [0.25, 0.3) is 5.91 Å². The highest BCUT2D eigenvalue weighted by Crippen LogP contribution is 2.17. The molecule has 1 atom stereocenters. The van der Waals surface area contributed by atoms with Crippen LogP contribution in [0.15, 0.2) is 6.07 Å². The molecule has 5 nitrogen and oxygen atoms in total. The highest BCUT2D eigenvalue weighted by Gasteiger charge is 2.25. The molecule has 1 amide bonds. The monoisotopic (exact) mass is 272 g/mol. The summed E-state index contributed by atoms with van der Waals surface area (Å²) in [6.07, 6.45) is 0.471. The van der Waals surface area contributed by atoms with Crippen molar-refractivity contribution in [3.05, 3.63) is 21.9 Å². The predicted octanol–water partition coefficient (Wildman–Crippen LogP) is 2.21. The van der Waals surface area contributed by atoms with Crippen molar-refractivity contribution in [2.75, 3.05) is 0 Å². The van der Waals surface area contributed by atoms with E-state index in [1.165, 1.54) is 6.07 Å². The van der Waals surface area contributed by atoms with Gasteiger partial charge in [0, 0.05) is 0 Å². The van der Waals surface area contributed by atoms with Gasteiger partial charge < -0.3 is 5.32 Å². The molecular formula is C10H10Cl2N4O. The van der Waals surface area contributed by atoms with Crippen molar-refractivity contribution >= 4 is 29.1 Å². The Labute approximate surface area is 109 Å². The van der Waals surface area contributed by atoms with Crippen LogP contribution < -0.4 is 5.32 Å². The van der Waals surface area contributed by atoms with E-state index in [4.69, 9.17) is 28.5 Å². The molecule has 0 saturated carbocycles. The first-order chi connectivity index (χ1) is 7.91. The number of hydrogen-bond acceptors (Lipinski definition) is 4. The van der Waals surface area contributed by atoms with E-state index < -0.39 is 11.4 Å². The van der Waals surface area contributed by atoms with E-state index in [2.05, 4.69) is 15.5 Å². The molecule has 1 heterocycles. The largest absolute Gasteiger partial charge is 0.334 e. The van der Waals surface area contributed by atoms with Crippen LogP contribution in [0.3, 0.4) is 0 Å². The average molecular weight is 273 g/mol. The van der Waals surface area contributed by atoms with Gasteiger partial charge in [-0.25, -0.2) is 0 Å². The minimum Gasteiger partial charge on any atom is -0.334 e. The third-order valence-electron chi connectivity index (χ3n) is 2.31. The maximum atomic E-state index is 11.9. The molecule has 0 aromatic carbocycles. The van der Waals surface area contributed by atoms with E-state index in [9.17, 15) is 4.79 Å². The summed E-state index contributed by atoms with van der Waals surface area (Å²) in [6.45, 7) is 3.41. The summed E-state index contributed by atoms with van der Waals surface area (Å²) in [4.78, 5) is 11.9. The third-order valence-corrected chi connectivity index (χ3v) is 2.77. The lowest BCUT2D eigenvalue weighted by Gasteiger charge is -2.21. The van der Waals surface area contributed by atoms with Gasteiger partial charge in [-0.05, 0) is 19.4 Å². The van der Waals surface area contributed by atoms with Crippen LogP contribution in [0.5, 0.6) is 0 Å². The van der Waals surface area contributed by atoms with Crippen LogP contribution in [0.1, 0.15) is 30.6 Å². The van der Waals surface area contributed by atoms with Crippen molar-refractivity contribution in [3.8, 4) is 6.07 Å². The minimum atomic E-state index is -0.948. The number of aromatic nitrogens is 2. The van der Waals surface area contributed by atoms with Crippen LogP contribution in [0.4, 0.5) is 0 Å². The Morgan fingerprint density at radius 1 is 1.59 bits per heavy atom. The molecule has 7 heteroatoms. The summed E-state index contributed by atoms with van der Waals surface area (Å²) in [5.74, 6) is -0.502. The van der Waals surface area contributed by atoms with Crippen molar-refractivity contribution < 1.29 is 4.79 Å². The first-order valence-corrected chi connectivity index (χ1v) is 5.60. The number of nitriles is 1. The quantitative estimate of drug-likeness (QED) is 0.915. The summed E-state index contributed by atoms with van der Waals surface area (Å²) in [6, 6.07) is 3.32. The number of nitrogens with one attached hydrogen (secondary N) is 1. The molecule has 0 aliphatic heterocycles. The zero-order chi connectivity index (χ0) is 13.1. The Bertz CT molecular complexity index is 486. The van der Waals surface area contributed by atoms with E-state index in [1.807, 2.05) is 6.07 Å². The molecular weight excluding hydrogens is 263 g/mol. The first-order valence-electron chi connectivity index (χ1n) is 4.84. The van der Waals surface area contributed by atoms with Gasteiger partial charge in [-0.15, -0.1) is 10.2 Å². The van der Waals surface area contributed by atoms with Gasteiger partial charge in [-0.2, -0.15) is 5.26 Å². The lowest BCUT2D eigenvalue weighted by Crippen LogP contribution is -2.44. The summed E-state index contributed by atoms with van der Waals surface area (Å²) >= 11 is 11.4. The molecule has 0 radical (unpaired) electrons. The second-order valence-corrected chi connectivity index (χ2v) is 4.37. The fraction of sp³-hybridized carbons (Fsp3) is 0.400. The summed E-state index contributed by atoms with van der Waals surface area (Å²) < 4.78 is 0. The van der Waals surface area contributed by atoms with Gasteiger partial charge in [0.1, 0.15) is 5.54 Å². The topological polar surface area (TPSA) is 78.7 Å². The number of rotatable bonds is 3. The molecule has 1 unspecified atom stereocenters. The van der Waals surface area contributed by atoms with Gasteiger partial charge >= 0.3 is 0 Å². The molecule has 90 valence electrons. The molecule has 0 fully saturated rings. The van der Waals surface area contributed by atoms with Gasteiger partial charge in [-0.1, -0.05) is 30.1 Å². The van der Waals surface area contributed by atoms with Crippen LogP contribution >= 0.6 is 23.2 Å². The highest BCUT2D eigenvalue weighted by atomic mass is 35.5. The maximum absolute atomic E-state index is 11.9. The first kappa shape index (κ1) is 13.7. The van der Waals surface area contributed by atoms with E-state index in [1.54, 1.807) is 13.8 Å². The van der Waals surface area contributed by atoms with E-state index in [-0.39, 0.29) is 15.9 Å². The van der Waals surface area contributed by atoms with Gasteiger partial charge in [0.15, 0.2) is 10.3 Å². The fourth-order valence-corrected chi connectivity index (χ4v) is 1.35. The van der Waals surface area contributed by atoms with Gasteiger partial charge in [0.05, 0.1) is 11.6 Å². The second kappa shape index (κ2) is 5.30. The molecule has 0 spiro atoms. The van der Waals surface area contributed by atoms with Gasteiger partial charge in [-0.3, -0.25) is 4.79 Å². The van der Waals surface area contributed by atoms with Crippen LogP contribution in [-0.4, -0.2) is 21.6 Å². The zero-order valence-corrected chi connectivity index (χ0v) is 10.8. The van der Waals surface area contributed by atoms with Gasteiger partial charge in [0.2, 0.25) is 0 Å². The van der Waals surface area contributed by atoms with Crippen molar-refractivity contribution in [2.24, 2.45) is 0 Å². The Kier molecular flexibility index (Phi) is 4.27. The van der Waals surface area contributed by atoms with E-state index in [0.717, 1.165) is 0 Å². The van der Waals surface area contributed by atoms with E-state index in [0.29, 0.717) is 6.42 Å². The minimum absolute atomic E-state index is 0.0525. The SMILES string of the molecule is CCC(C)(C#N)NC(=O)c1cc(Cl)nnc1Cl. The Morgan fingerprint density at radius 3 is 2.76 bits per heavy atom. The molecule has 1 aromatic heterocycles. The maximum Gasteiger partial charge on any atom is 0.255 e. The molecule has 0 saturated heterocycles. The van der Waals surface area contributed by atoms with Crippen LogP contribution in [-0.2, 0) is 0 Å².